The smallest absolute Gasteiger partial charge is 0.258 e. The standard InChI is InChI=1S/C26H28N2O3/c29-26(20-31-25-13-7-6-12-24(25)21-8-2-1-3-9-21)27-18-22-10-4-5-11-23(22)19-28-14-16-30-17-15-28/h1-13H,14-20H2,(H,27,29). The Morgan fingerprint density at radius 1 is 0.871 bits per heavy atom. The molecule has 5 heteroatoms. The fourth-order valence-corrected chi connectivity index (χ4v) is 3.72. The van der Waals surface area contributed by atoms with Gasteiger partial charge in [0.15, 0.2) is 6.61 Å². The van der Waals surface area contributed by atoms with Gasteiger partial charge in [0, 0.05) is 31.7 Å². The summed E-state index contributed by atoms with van der Waals surface area (Å²) in [5.41, 5.74) is 4.41. The maximum atomic E-state index is 12.5. The quantitative estimate of drug-likeness (QED) is 0.606. The van der Waals surface area contributed by atoms with Gasteiger partial charge in [0.25, 0.3) is 5.91 Å². The lowest BCUT2D eigenvalue weighted by atomic mass is 10.1. The Balaban J connectivity index is 1.33. The van der Waals surface area contributed by atoms with Gasteiger partial charge in [0.1, 0.15) is 5.75 Å². The summed E-state index contributed by atoms with van der Waals surface area (Å²) in [4.78, 5) is 14.9. The van der Waals surface area contributed by atoms with Gasteiger partial charge in [-0.3, -0.25) is 9.69 Å². The van der Waals surface area contributed by atoms with Gasteiger partial charge in [-0.1, -0.05) is 72.8 Å². The van der Waals surface area contributed by atoms with Crippen LogP contribution in [0.5, 0.6) is 5.75 Å². The number of amides is 1. The molecule has 1 heterocycles. The zero-order valence-electron chi connectivity index (χ0n) is 17.6. The van der Waals surface area contributed by atoms with Crippen molar-refractivity contribution < 1.29 is 14.3 Å². The van der Waals surface area contributed by atoms with Crippen molar-refractivity contribution in [1.29, 1.82) is 0 Å². The molecule has 1 aliphatic heterocycles. The van der Waals surface area contributed by atoms with Crippen LogP contribution in [0.4, 0.5) is 0 Å². The molecule has 0 saturated carbocycles. The van der Waals surface area contributed by atoms with E-state index in [1.54, 1.807) is 0 Å². The normalized spacial score (nSPS) is 14.2. The van der Waals surface area contributed by atoms with E-state index in [-0.39, 0.29) is 12.5 Å². The highest BCUT2D eigenvalue weighted by Gasteiger charge is 2.13. The van der Waals surface area contributed by atoms with Crippen LogP contribution in [0.25, 0.3) is 11.1 Å². The van der Waals surface area contributed by atoms with E-state index in [1.165, 1.54) is 5.56 Å². The number of nitrogens with one attached hydrogen (secondary N) is 1. The van der Waals surface area contributed by atoms with E-state index in [0.717, 1.165) is 49.5 Å². The van der Waals surface area contributed by atoms with Crippen LogP contribution in [0.15, 0.2) is 78.9 Å². The number of rotatable bonds is 8. The average molecular weight is 417 g/mol. The predicted octanol–water partition coefficient (Wildman–Crippen LogP) is 3.88. The van der Waals surface area contributed by atoms with Gasteiger partial charge in [-0.15, -0.1) is 0 Å². The number of benzene rings is 3. The molecule has 0 aliphatic carbocycles. The Hall–Kier alpha value is -3.15. The number of hydrogen-bond acceptors (Lipinski definition) is 4. The van der Waals surface area contributed by atoms with Crippen molar-refractivity contribution in [3.63, 3.8) is 0 Å². The van der Waals surface area contributed by atoms with E-state index < -0.39 is 0 Å². The van der Waals surface area contributed by atoms with Gasteiger partial charge in [0.2, 0.25) is 0 Å². The highest BCUT2D eigenvalue weighted by Crippen LogP contribution is 2.29. The first kappa shape index (κ1) is 21.1. The molecule has 0 spiro atoms. The van der Waals surface area contributed by atoms with Crippen LogP contribution in [0.2, 0.25) is 0 Å². The molecule has 1 fully saturated rings. The first-order valence-corrected chi connectivity index (χ1v) is 10.7. The van der Waals surface area contributed by atoms with Crippen LogP contribution < -0.4 is 10.1 Å². The number of nitrogens with zero attached hydrogens (tertiary/aromatic N) is 1. The van der Waals surface area contributed by atoms with Gasteiger partial charge in [0.05, 0.1) is 13.2 Å². The molecule has 31 heavy (non-hydrogen) atoms. The molecule has 0 unspecified atom stereocenters. The molecule has 3 aromatic carbocycles. The molecule has 1 aliphatic rings. The first-order valence-electron chi connectivity index (χ1n) is 10.7. The monoisotopic (exact) mass is 416 g/mol. The molecular weight excluding hydrogens is 388 g/mol. The van der Waals surface area contributed by atoms with E-state index in [9.17, 15) is 4.79 Å². The Morgan fingerprint density at radius 3 is 2.35 bits per heavy atom. The van der Waals surface area contributed by atoms with Crippen LogP contribution in [0, 0.1) is 0 Å². The highest BCUT2D eigenvalue weighted by molar-refractivity contribution is 5.78. The first-order chi connectivity index (χ1) is 15.3. The van der Waals surface area contributed by atoms with Crippen molar-refractivity contribution in [3.05, 3.63) is 90.0 Å². The molecular formula is C26H28N2O3. The Labute approximate surface area is 183 Å². The summed E-state index contributed by atoms with van der Waals surface area (Å²) in [5.74, 6) is 0.570. The molecule has 160 valence electrons. The lowest BCUT2D eigenvalue weighted by Crippen LogP contribution is -2.36. The third-order valence-electron chi connectivity index (χ3n) is 5.42. The van der Waals surface area contributed by atoms with Crippen molar-refractivity contribution in [2.75, 3.05) is 32.9 Å². The number of para-hydroxylation sites is 1. The minimum Gasteiger partial charge on any atom is -0.483 e. The topological polar surface area (TPSA) is 50.8 Å². The number of carbonyl (C=O) groups is 1. The van der Waals surface area contributed by atoms with E-state index in [2.05, 4.69) is 22.3 Å². The van der Waals surface area contributed by atoms with Crippen LogP contribution >= 0.6 is 0 Å². The summed E-state index contributed by atoms with van der Waals surface area (Å²) in [5, 5.41) is 3.00. The summed E-state index contributed by atoms with van der Waals surface area (Å²) in [6, 6.07) is 26.1. The Bertz CT molecular complexity index is 985. The molecule has 3 aromatic rings. The van der Waals surface area contributed by atoms with Crippen LogP contribution in [-0.4, -0.2) is 43.7 Å². The van der Waals surface area contributed by atoms with Crippen molar-refractivity contribution in [3.8, 4) is 16.9 Å². The average Bonchev–Trinajstić information content (AvgIpc) is 2.83. The second-order valence-corrected chi connectivity index (χ2v) is 7.58. The van der Waals surface area contributed by atoms with Crippen LogP contribution in [0.3, 0.4) is 0 Å². The minimum atomic E-state index is -0.135. The van der Waals surface area contributed by atoms with E-state index in [0.29, 0.717) is 12.3 Å². The van der Waals surface area contributed by atoms with Gasteiger partial charge in [-0.2, -0.15) is 0 Å². The number of morpholine rings is 1. The SMILES string of the molecule is O=C(COc1ccccc1-c1ccccc1)NCc1ccccc1CN1CCOCC1. The Kier molecular flexibility index (Phi) is 7.32. The number of ether oxygens (including phenoxy) is 2. The van der Waals surface area contributed by atoms with Gasteiger partial charge < -0.3 is 14.8 Å². The highest BCUT2D eigenvalue weighted by atomic mass is 16.5. The van der Waals surface area contributed by atoms with Crippen molar-refractivity contribution in [2.24, 2.45) is 0 Å². The molecule has 5 nitrogen and oxygen atoms in total. The maximum absolute atomic E-state index is 12.5. The summed E-state index contributed by atoms with van der Waals surface area (Å²) in [6.45, 7) is 4.78. The van der Waals surface area contributed by atoms with Gasteiger partial charge in [-0.25, -0.2) is 0 Å². The third kappa shape index (κ3) is 5.94. The molecule has 0 bridgehead atoms. The van der Waals surface area contributed by atoms with E-state index >= 15 is 0 Å². The molecule has 0 aromatic heterocycles. The number of hydrogen-bond donors (Lipinski definition) is 1. The van der Waals surface area contributed by atoms with E-state index in [1.807, 2.05) is 66.7 Å². The lowest BCUT2D eigenvalue weighted by molar-refractivity contribution is -0.123. The third-order valence-corrected chi connectivity index (χ3v) is 5.42. The zero-order valence-corrected chi connectivity index (χ0v) is 17.6. The van der Waals surface area contributed by atoms with Crippen molar-refractivity contribution in [1.82, 2.24) is 10.2 Å². The van der Waals surface area contributed by atoms with Gasteiger partial charge >= 0.3 is 0 Å². The largest absolute Gasteiger partial charge is 0.483 e. The zero-order chi connectivity index (χ0) is 21.3. The predicted molar refractivity (Wildman–Crippen MR) is 122 cm³/mol. The molecule has 0 atom stereocenters. The maximum Gasteiger partial charge on any atom is 0.258 e. The fourth-order valence-electron chi connectivity index (χ4n) is 3.72. The molecule has 1 N–H and O–H groups in total. The van der Waals surface area contributed by atoms with Crippen LogP contribution in [0.1, 0.15) is 11.1 Å². The van der Waals surface area contributed by atoms with Crippen LogP contribution in [-0.2, 0) is 22.6 Å². The molecule has 4 rings (SSSR count). The fraction of sp³-hybridized carbons (Fsp3) is 0.269. The van der Waals surface area contributed by atoms with Crippen molar-refractivity contribution >= 4 is 5.91 Å². The molecule has 0 radical (unpaired) electrons. The van der Waals surface area contributed by atoms with Gasteiger partial charge in [-0.05, 0) is 22.8 Å². The van der Waals surface area contributed by atoms with E-state index in [4.69, 9.17) is 9.47 Å². The van der Waals surface area contributed by atoms with Crippen molar-refractivity contribution in [2.45, 2.75) is 13.1 Å². The molecule has 1 saturated heterocycles. The summed E-state index contributed by atoms with van der Waals surface area (Å²) in [7, 11) is 0. The number of carbonyl (C=O) groups excluding carboxylic acids is 1. The minimum absolute atomic E-state index is 0.0184. The molecule has 1 amide bonds. The summed E-state index contributed by atoms with van der Waals surface area (Å²) in [6.07, 6.45) is 0. The Morgan fingerprint density at radius 2 is 1.55 bits per heavy atom. The second kappa shape index (κ2) is 10.8. The summed E-state index contributed by atoms with van der Waals surface area (Å²) < 4.78 is 11.3. The second-order valence-electron chi connectivity index (χ2n) is 7.58. The lowest BCUT2D eigenvalue weighted by Gasteiger charge is -2.27. The summed E-state index contributed by atoms with van der Waals surface area (Å²) >= 11 is 0.